The summed E-state index contributed by atoms with van der Waals surface area (Å²) in [4.78, 5) is 31.5. The van der Waals surface area contributed by atoms with Crippen molar-refractivity contribution in [3.63, 3.8) is 0 Å². The molecule has 0 radical (unpaired) electrons. The van der Waals surface area contributed by atoms with Gasteiger partial charge >= 0.3 is 5.91 Å². The van der Waals surface area contributed by atoms with Crippen molar-refractivity contribution in [2.24, 2.45) is 0 Å². The number of anilines is 1. The highest BCUT2D eigenvalue weighted by molar-refractivity contribution is 7.98. The average Bonchev–Trinajstić information content (AvgIpc) is 3.32. The molecule has 0 saturated carbocycles. The number of hydrogen-bond donors (Lipinski definition) is 1. The largest absolute Gasteiger partial charge is 0.507 e. The zero-order valence-electron chi connectivity index (χ0n) is 15.1. The Bertz CT molecular complexity index is 1110. The second-order valence-electron chi connectivity index (χ2n) is 6.15. The summed E-state index contributed by atoms with van der Waals surface area (Å²) < 4.78 is 4.20. The van der Waals surface area contributed by atoms with E-state index in [-0.39, 0.29) is 11.3 Å². The van der Waals surface area contributed by atoms with Gasteiger partial charge in [-0.1, -0.05) is 65.8 Å². The summed E-state index contributed by atoms with van der Waals surface area (Å²) in [7, 11) is 0. The zero-order valence-corrected chi connectivity index (χ0v) is 17.5. The first-order valence-electron chi connectivity index (χ1n) is 8.51. The molecule has 2 heterocycles. The first kappa shape index (κ1) is 19.6. The molecule has 1 fully saturated rings. The van der Waals surface area contributed by atoms with Gasteiger partial charge in [0.25, 0.3) is 5.78 Å². The van der Waals surface area contributed by atoms with Gasteiger partial charge in [-0.3, -0.25) is 14.5 Å². The average molecular weight is 444 g/mol. The Morgan fingerprint density at radius 1 is 1.14 bits per heavy atom. The summed E-state index contributed by atoms with van der Waals surface area (Å²) in [6.07, 6.45) is 1.83. The molecule has 1 amide bonds. The predicted molar refractivity (Wildman–Crippen MR) is 114 cm³/mol. The lowest BCUT2D eigenvalue weighted by molar-refractivity contribution is -0.132. The van der Waals surface area contributed by atoms with Crippen LogP contribution in [0, 0.1) is 0 Å². The molecule has 2 aromatic carbocycles. The van der Waals surface area contributed by atoms with E-state index in [1.54, 1.807) is 54.6 Å². The Morgan fingerprint density at radius 3 is 2.45 bits per heavy atom. The van der Waals surface area contributed by atoms with E-state index in [1.165, 1.54) is 16.7 Å². The van der Waals surface area contributed by atoms with Crippen molar-refractivity contribution in [1.82, 2.24) is 9.36 Å². The van der Waals surface area contributed by atoms with Crippen LogP contribution >= 0.6 is 34.9 Å². The third-order valence-corrected chi connectivity index (χ3v) is 6.09. The number of nitrogens with zero attached hydrogens (tertiary/aromatic N) is 3. The van der Waals surface area contributed by atoms with E-state index in [4.69, 9.17) is 11.6 Å². The molecule has 1 saturated heterocycles. The second kappa shape index (κ2) is 7.98. The van der Waals surface area contributed by atoms with Crippen molar-refractivity contribution in [3.05, 3.63) is 76.3 Å². The van der Waals surface area contributed by atoms with Gasteiger partial charge in [-0.05, 0) is 24.0 Å². The number of carbonyl (C=O) groups is 2. The number of Topliss-reactive ketones (excluding diaryl/α,β-unsaturated/α-hetero) is 1. The summed E-state index contributed by atoms with van der Waals surface area (Å²) in [5.74, 6) is -1.76. The van der Waals surface area contributed by atoms with E-state index < -0.39 is 17.7 Å². The Balaban J connectivity index is 1.93. The number of ketones is 1. The highest BCUT2D eigenvalue weighted by Crippen LogP contribution is 2.43. The molecule has 0 aliphatic carbocycles. The minimum absolute atomic E-state index is 0.00410. The van der Waals surface area contributed by atoms with Crippen LogP contribution in [0.5, 0.6) is 0 Å². The molecule has 1 aliphatic rings. The molecular formula is C20H14ClN3O3S2. The maximum Gasteiger partial charge on any atom is 0.301 e. The normalized spacial score (nSPS) is 18.4. The molecule has 1 aliphatic heterocycles. The quantitative estimate of drug-likeness (QED) is 0.276. The summed E-state index contributed by atoms with van der Waals surface area (Å²) in [5, 5.41) is 12.2. The van der Waals surface area contributed by atoms with Gasteiger partial charge in [0.1, 0.15) is 5.76 Å². The Labute approximate surface area is 180 Å². The standard InChI is InChI=1S/C20H14ClN3O3S2/c1-28-19-22-20(29-23-19)24-15(11-7-9-13(21)10-8-11)14(17(26)18(24)27)16(25)12-5-3-2-4-6-12/h2-10,15,25H,1H3/t15-/m0/s1. The molecule has 0 unspecified atom stereocenters. The SMILES string of the molecule is CSc1nsc(N2C(=O)C(=O)C(=C(O)c3ccccc3)[C@@H]2c2ccc(Cl)cc2)n1. The Hall–Kier alpha value is -2.68. The van der Waals surface area contributed by atoms with Gasteiger partial charge in [0.15, 0.2) is 0 Å². The molecule has 146 valence electrons. The zero-order chi connectivity index (χ0) is 20.5. The Kier molecular flexibility index (Phi) is 5.40. The van der Waals surface area contributed by atoms with Crippen molar-refractivity contribution >= 4 is 57.5 Å². The molecule has 29 heavy (non-hydrogen) atoms. The Morgan fingerprint density at radius 2 is 1.83 bits per heavy atom. The molecule has 6 nitrogen and oxygen atoms in total. The number of thioether (sulfide) groups is 1. The van der Waals surface area contributed by atoms with Gasteiger partial charge in [-0.15, -0.1) is 0 Å². The molecule has 1 N–H and O–H groups in total. The summed E-state index contributed by atoms with van der Waals surface area (Å²) in [6, 6.07) is 14.6. The minimum Gasteiger partial charge on any atom is -0.507 e. The highest BCUT2D eigenvalue weighted by Gasteiger charge is 2.48. The first-order chi connectivity index (χ1) is 14.0. The van der Waals surface area contributed by atoms with Crippen LogP contribution in [-0.4, -0.2) is 32.4 Å². The van der Waals surface area contributed by atoms with Gasteiger partial charge in [0.2, 0.25) is 10.3 Å². The van der Waals surface area contributed by atoms with Crippen LogP contribution in [0.25, 0.3) is 5.76 Å². The van der Waals surface area contributed by atoms with E-state index in [1.807, 2.05) is 6.26 Å². The van der Waals surface area contributed by atoms with Gasteiger partial charge in [-0.25, -0.2) is 0 Å². The topological polar surface area (TPSA) is 83.4 Å². The third-order valence-electron chi connectivity index (χ3n) is 4.46. The number of aromatic nitrogens is 2. The first-order valence-corrected chi connectivity index (χ1v) is 10.9. The van der Waals surface area contributed by atoms with Crippen molar-refractivity contribution in [1.29, 1.82) is 0 Å². The number of hydrogen-bond acceptors (Lipinski definition) is 7. The lowest BCUT2D eigenvalue weighted by Crippen LogP contribution is -2.29. The van der Waals surface area contributed by atoms with Crippen molar-refractivity contribution in [3.8, 4) is 0 Å². The summed E-state index contributed by atoms with van der Waals surface area (Å²) in [6.45, 7) is 0. The fourth-order valence-electron chi connectivity index (χ4n) is 3.13. The van der Waals surface area contributed by atoms with Gasteiger partial charge < -0.3 is 5.11 Å². The number of amides is 1. The third kappa shape index (κ3) is 3.55. The van der Waals surface area contributed by atoms with Gasteiger partial charge in [0, 0.05) is 22.1 Å². The number of aliphatic hydroxyl groups is 1. The van der Waals surface area contributed by atoms with Gasteiger partial charge in [-0.2, -0.15) is 9.36 Å². The van der Waals surface area contributed by atoms with E-state index in [0.717, 1.165) is 11.5 Å². The van der Waals surface area contributed by atoms with Crippen LogP contribution in [0.4, 0.5) is 5.13 Å². The maximum absolute atomic E-state index is 12.9. The van der Waals surface area contributed by atoms with Crippen LogP contribution in [0.3, 0.4) is 0 Å². The number of carbonyl (C=O) groups excluding carboxylic acids is 2. The maximum atomic E-state index is 12.9. The molecular weight excluding hydrogens is 430 g/mol. The van der Waals surface area contributed by atoms with Crippen molar-refractivity contribution in [2.75, 3.05) is 11.2 Å². The van der Waals surface area contributed by atoms with Crippen LogP contribution in [-0.2, 0) is 9.59 Å². The smallest absolute Gasteiger partial charge is 0.301 e. The van der Waals surface area contributed by atoms with E-state index in [0.29, 0.717) is 26.4 Å². The fourth-order valence-corrected chi connectivity index (χ4v) is 4.50. The fraction of sp³-hybridized carbons (Fsp3) is 0.100. The van der Waals surface area contributed by atoms with Crippen LogP contribution in [0.1, 0.15) is 17.2 Å². The second-order valence-corrected chi connectivity index (χ2v) is 8.09. The molecule has 4 rings (SSSR count). The molecule has 0 bridgehead atoms. The molecule has 3 aromatic rings. The van der Waals surface area contributed by atoms with Crippen LogP contribution < -0.4 is 4.90 Å². The lowest BCUT2D eigenvalue weighted by atomic mass is 9.95. The summed E-state index contributed by atoms with van der Waals surface area (Å²) >= 11 is 8.38. The van der Waals surface area contributed by atoms with Crippen LogP contribution in [0.2, 0.25) is 5.02 Å². The van der Waals surface area contributed by atoms with Crippen LogP contribution in [0.15, 0.2) is 65.3 Å². The molecule has 9 heteroatoms. The lowest BCUT2D eigenvalue weighted by Gasteiger charge is -2.22. The number of aliphatic hydroxyl groups excluding tert-OH is 1. The van der Waals surface area contributed by atoms with E-state index in [2.05, 4.69) is 9.36 Å². The van der Waals surface area contributed by atoms with Gasteiger partial charge in [0.05, 0.1) is 11.6 Å². The van der Waals surface area contributed by atoms with E-state index >= 15 is 0 Å². The molecule has 0 spiro atoms. The predicted octanol–water partition coefficient (Wildman–Crippen LogP) is 4.54. The number of halogens is 1. The molecule has 1 aromatic heterocycles. The molecule has 1 atom stereocenters. The van der Waals surface area contributed by atoms with Crippen molar-refractivity contribution < 1.29 is 14.7 Å². The summed E-state index contributed by atoms with van der Waals surface area (Å²) in [5.41, 5.74) is 1.09. The minimum atomic E-state index is -0.838. The highest BCUT2D eigenvalue weighted by atomic mass is 35.5. The number of rotatable bonds is 4. The van der Waals surface area contributed by atoms with Crippen molar-refractivity contribution in [2.45, 2.75) is 11.2 Å². The van der Waals surface area contributed by atoms with E-state index in [9.17, 15) is 14.7 Å². The number of benzene rings is 2. The monoisotopic (exact) mass is 443 g/mol.